The predicted octanol–water partition coefficient (Wildman–Crippen LogP) is 3.74. The zero-order valence-electron chi connectivity index (χ0n) is 13.0. The van der Waals surface area contributed by atoms with Gasteiger partial charge in [0, 0.05) is 12.1 Å². The minimum absolute atomic E-state index is 0.0678. The smallest absolute Gasteiger partial charge is 0.416 e. The Morgan fingerprint density at radius 3 is 2.68 bits per heavy atom. The van der Waals surface area contributed by atoms with Crippen LogP contribution in [0.15, 0.2) is 42.5 Å². The number of carbonyl (C=O) groups is 2. The van der Waals surface area contributed by atoms with E-state index < -0.39 is 17.7 Å². The second-order valence-electron chi connectivity index (χ2n) is 5.72. The lowest BCUT2D eigenvalue weighted by Crippen LogP contribution is -2.19. The van der Waals surface area contributed by atoms with Crippen molar-refractivity contribution in [1.82, 2.24) is 0 Å². The first-order chi connectivity index (χ1) is 11.8. The molecule has 7 heteroatoms. The van der Waals surface area contributed by atoms with E-state index >= 15 is 0 Å². The molecule has 0 aromatic heterocycles. The highest BCUT2D eigenvalue weighted by atomic mass is 19.4. The van der Waals surface area contributed by atoms with Gasteiger partial charge in [-0.2, -0.15) is 13.2 Å². The standard InChI is InChI=1S/C18H14F3NO3/c19-18(20,21)13-3-1-2-11(8-13)9-17(24)25-14-5-6-15-12(10-14)4-7-16(23)22-15/h1-3,5-6,8,10H,4,7,9H2,(H,22,23). The van der Waals surface area contributed by atoms with E-state index in [1.807, 2.05) is 0 Å². The molecule has 0 spiro atoms. The van der Waals surface area contributed by atoms with Gasteiger partial charge >= 0.3 is 12.1 Å². The van der Waals surface area contributed by atoms with Crippen LogP contribution in [0.3, 0.4) is 0 Å². The van der Waals surface area contributed by atoms with Crippen LogP contribution in [0, 0.1) is 0 Å². The molecule has 0 saturated heterocycles. The van der Waals surface area contributed by atoms with Crippen molar-refractivity contribution >= 4 is 17.6 Å². The van der Waals surface area contributed by atoms with E-state index in [0.29, 0.717) is 24.3 Å². The summed E-state index contributed by atoms with van der Waals surface area (Å²) >= 11 is 0. The average Bonchev–Trinajstić information content (AvgIpc) is 2.54. The third-order valence-electron chi connectivity index (χ3n) is 3.81. The monoisotopic (exact) mass is 349 g/mol. The molecule has 25 heavy (non-hydrogen) atoms. The number of nitrogens with one attached hydrogen (secondary N) is 1. The molecule has 0 bridgehead atoms. The Labute approximate surface area is 141 Å². The maximum atomic E-state index is 12.7. The Morgan fingerprint density at radius 1 is 1.12 bits per heavy atom. The molecule has 0 radical (unpaired) electrons. The summed E-state index contributed by atoms with van der Waals surface area (Å²) in [5, 5.41) is 2.71. The van der Waals surface area contributed by atoms with Gasteiger partial charge in [0.25, 0.3) is 0 Å². The van der Waals surface area contributed by atoms with E-state index in [0.717, 1.165) is 17.7 Å². The number of amides is 1. The summed E-state index contributed by atoms with van der Waals surface area (Å²) in [6.45, 7) is 0. The normalized spacial score (nSPS) is 13.8. The highest BCUT2D eigenvalue weighted by Crippen LogP contribution is 2.30. The molecule has 1 amide bonds. The van der Waals surface area contributed by atoms with Gasteiger partial charge < -0.3 is 10.1 Å². The van der Waals surface area contributed by atoms with Crippen LogP contribution < -0.4 is 10.1 Å². The molecule has 1 aliphatic heterocycles. The summed E-state index contributed by atoms with van der Waals surface area (Å²) in [6.07, 6.45) is -3.82. The summed E-state index contributed by atoms with van der Waals surface area (Å²) in [7, 11) is 0. The summed E-state index contributed by atoms with van der Waals surface area (Å²) in [4.78, 5) is 23.3. The lowest BCUT2D eigenvalue weighted by molar-refractivity contribution is -0.138. The molecule has 2 aromatic rings. The average molecular weight is 349 g/mol. The van der Waals surface area contributed by atoms with Gasteiger partial charge in [0.1, 0.15) is 5.75 Å². The minimum Gasteiger partial charge on any atom is -0.426 e. The lowest BCUT2D eigenvalue weighted by atomic mass is 10.0. The number of alkyl halides is 3. The van der Waals surface area contributed by atoms with Gasteiger partial charge in [0.2, 0.25) is 5.91 Å². The number of hydrogen-bond acceptors (Lipinski definition) is 3. The molecule has 1 aliphatic rings. The van der Waals surface area contributed by atoms with Crippen molar-refractivity contribution in [3.63, 3.8) is 0 Å². The molecule has 0 atom stereocenters. The Kier molecular flexibility index (Phi) is 4.48. The summed E-state index contributed by atoms with van der Waals surface area (Å²) in [5.41, 5.74) is 0.949. The van der Waals surface area contributed by atoms with Crippen LogP contribution in [0.4, 0.5) is 18.9 Å². The van der Waals surface area contributed by atoms with Crippen molar-refractivity contribution in [1.29, 1.82) is 0 Å². The van der Waals surface area contributed by atoms with Gasteiger partial charge in [-0.25, -0.2) is 0 Å². The number of esters is 1. The van der Waals surface area contributed by atoms with Crippen LogP contribution in [-0.2, 0) is 28.6 Å². The Hall–Kier alpha value is -2.83. The van der Waals surface area contributed by atoms with Crippen molar-refractivity contribution in [3.8, 4) is 5.75 Å². The second kappa shape index (κ2) is 6.58. The number of halogens is 3. The fourth-order valence-electron chi connectivity index (χ4n) is 2.62. The van der Waals surface area contributed by atoms with E-state index in [-0.39, 0.29) is 17.9 Å². The Bertz CT molecular complexity index is 831. The fraction of sp³-hybridized carbons (Fsp3) is 0.222. The predicted molar refractivity (Wildman–Crippen MR) is 84.2 cm³/mol. The number of rotatable bonds is 3. The van der Waals surface area contributed by atoms with Crippen LogP contribution in [0.5, 0.6) is 5.75 Å². The largest absolute Gasteiger partial charge is 0.426 e. The van der Waals surface area contributed by atoms with Crippen molar-refractivity contribution in [3.05, 3.63) is 59.2 Å². The van der Waals surface area contributed by atoms with Crippen LogP contribution >= 0.6 is 0 Å². The minimum atomic E-state index is -4.46. The molecule has 1 N–H and O–H groups in total. The number of aryl methyl sites for hydroxylation is 1. The molecule has 0 saturated carbocycles. The summed E-state index contributed by atoms with van der Waals surface area (Å²) < 4.78 is 43.3. The van der Waals surface area contributed by atoms with Crippen LogP contribution in [-0.4, -0.2) is 11.9 Å². The Balaban J connectivity index is 1.68. The number of anilines is 1. The van der Waals surface area contributed by atoms with Crippen molar-refractivity contribution in [2.24, 2.45) is 0 Å². The maximum Gasteiger partial charge on any atom is 0.416 e. The number of benzene rings is 2. The Morgan fingerprint density at radius 2 is 1.92 bits per heavy atom. The van der Waals surface area contributed by atoms with E-state index in [9.17, 15) is 22.8 Å². The highest BCUT2D eigenvalue weighted by Gasteiger charge is 2.30. The second-order valence-corrected chi connectivity index (χ2v) is 5.72. The van der Waals surface area contributed by atoms with Crippen molar-refractivity contribution in [2.75, 3.05) is 5.32 Å². The van der Waals surface area contributed by atoms with Crippen LogP contribution in [0.25, 0.3) is 0 Å². The van der Waals surface area contributed by atoms with Gasteiger partial charge in [-0.3, -0.25) is 9.59 Å². The highest BCUT2D eigenvalue weighted by molar-refractivity contribution is 5.94. The van der Waals surface area contributed by atoms with Gasteiger partial charge in [0.15, 0.2) is 0 Å². The first-order valence-electron chi connectivity index (χ1n) is 7.61. The molecule has 0 aliphatic carbocycles. The number of fused-ring (bicyclic) bond motifs is 1. The summed E-state index contributed by atoms with van der Waals surface area (Å²) in [6, 6.07) is 9.41. The number of carbonyl (C=O) groups excluding carboxylic acids is 2. The third kappa shape index (κ3) is 4.17. The van der Waals surface area contributed by atoms with E-state index in [2.05, 4.69) is 5.32 Å². The van der Waals surface area contributed by atoms with Crippen LogP contribution in [0.1, 0.15) is 23.1 Å². The zero-order valence-corrected chi connectivity index (χ0v) is 13.0. The molecule has 2 aromatic carbocycles. The van der Waals surface area contributed by atoms with E-state index in [1.165, 1.54) is 18.2 Å². The van der Waals surface area contributed by atoms with Gasteiger partial charge in [-0.15, -0.1) is 0 Å². The van der Waals surface area contributed by atoms with E-state index in [4.69, 9.17) is 4.74 Å². The van der Waals surface area contributed by atoms with Crippen molar-refractivity contribution in [2.45, 2.75) is 25.4 Å². The third-order valence-corrected chi connectivity index (χ3v) is 3.81. The molecule has 0 fully saturated rings. The van der Waals surface area contributed by atoms with Crippen molar-refractivity contribution < 1.29 is 27.5 Å². The molecule has 1 heterocycles. The first kappa shape index (κ1) is 17.0. The molecular formula is C18H14F3NO3. The number of ether oxygens (including phenoxy) is 1. The van der Waals surface area contributed by atoms with Gasteiger partial charge in [-0.05, 0) is 41.8 Å². The summed E-state index contributed by atoms with van der Waals surface area (Å²) in [5.74, 6) is -0.423. The van der Waals surface area contributed by atoms with Gasteiger partial charge in [0.05, 0.1) is 12.0 Å². The molecule has 130 valence electrons. The quantitative estimate of drug-likeness (QED) is 0.678. The SMILES string of the molecule is O=C1CCc2cc(OC(=O)Cc3cccc(C(F)(F)F)c3)ccc2N1. The maximum absolute atomic E-state index is 12.7. The van der Waals surface area contributed by atoms with Gasteiger partial charge in [-0.1, -0.05) is 18.2 Å². The molecular weight excluding hydrogens is 335 g/mol. The fourth-order valence-corrected chi connectivity index (χ4v) is 2.62. The first-order valence-corrected chi connectivity index (χ1v) is 7.61. The number of hydrogen-bond donors (Lipinski definition) is 1. The molecule has 3 rings (SSSR count). The van der Waals surface area contributed by atoms with E-state index in [1.54, 1.807) is 12.1 Å². The van der Waals surface area contributed by atoms with Crippen LogP contribution in [0.2, 0.25) is 0 Å². The zero-order chi connectivity index (χ0) is 18.0. The molecule has 0 unspecified atom stereocenters. The molecule has 4 nitrogen and oxygen atoms in total. The topological polar surface area (TPSA) is 55.4 Å². The lowest BCUT2D eigenvalue weighted by Gasteiger charge is -2.17.